The van der Waals surface area contributed by atoms with Crippen LogP contribution in [0, 0.1) is 5.92 Å². The van der Waals surface area contributed by atoms with Crippen molar-refractivity contribution in [2.75, 3.05) is 37.6 Å². The summed E-state index contributed by atoms with van der Waals surface area (Å²) >= 11 is 0. The third-order valence-corrected chi connectivity index (χ3v) is 8.96. The van der Waals surface area contributed by atoms with Crippen LogP contribution in [0.1, 0.15) is 36.6 Å². The number of benzene rings is 3. The Morgan fingerprint density at radius 3 is 2.64 bits per heavy atom. The number of carbonyl (C=O) groups is 2. The molecule has 5 rings (SSSR count). The second kappa shape index (κ2) is 12.4. The van der Waals surface area contributed by atoms with E-state index in [-0.39, 0.29) is 29.4 Å². The molecule has 230 valence electrons. The Hall–Kier alpha value is -4.84. The van der Waals surface area contributed by atoms with Gasteiger partial charge in [-0.25, -0.2) is 13.4 Å². The summed E-state index contributed by atoms with van der Waals surface area (Å²) in [5.41, 5.74) is 7.47. The van der Waals surface area contributed by atoms with Gasteiger partial charge in [0.25, 0.3) is 0 Å². The van der Waals surface area contributed by atoms with E-state index in [1.54, 1.807) is 61.7 Å². The number of phenols is 1. The molecule has 12 heteroatoms. The standard InChI is InChI=1S/C32H34N4O7S/c1-4-43-26-18-20(9-12-25(26)37)28(35-21-10-11-22-19(17-21)13-15-34-30(22)33)31(38)36-16-14-24(32(39)42-2)29(36)23-7-5-6-8-27(23)44(3,40)41/h5-13,15,17-18,24,28-29,35,37H,4,14,16H2,1-3H3,(H2,33,34)/t24-,28+,29-/m0/s1. The van der Waals surface area contributed by atoms with E-state index in [2.05, 4.69) is 10.3 Å². The maximum atomic E-state index is 14.7. The molecule has 1 aliphatic heterocycles. The summed E-state index contributed by atoms with van der Waals surface area (Å²) < 4.78 is 36.3. The molecule has 4 N–H and O–H groups in total. The smallest absolute Gasteiger partial charge is 0.311 e. The van der Waals surface area contributed by atoms with Crippen molar-refractivity contribution in [2.45, 2.75) is 30.3 Å². The van der Waals surface area contributed by atoms with Gasteiger partial charge in [0.1, 0.15) is 11.9 Å². The van der Waals surface area contributed by atoms with Gasteiger partial charge in [0.15, 0.2) is 21.3 Å². The molecule has 0 aliphatic carbocycles. The second-order valence-electron chi connectivity index (χ2n) is 10.6. The van der Waals surface area contributed by atoms with Gasteiger partial charge in [-0.2, -0.15) is 0 Å². The van der Waals surface area contributed by atoms with Crippen LogP contribution in [0.3, 0.4) is 0 Å². The van der Waals surface area contributed by atoms with Crippen LogP contribution in [0.15, 0.2) is 77.8 Å². The summed E-state index contributed by atoms with van der Waals surface area (Å²) in [7, 11) is -2.43. The van der Waals surface area contributed by atoms with Gasteiger partial charge in [-0.15, -0.1) is 0 Å². The van der Waals surface area contributed by atoms with Crippen LogP contribution < -0.4 is 15.8 Å². The van der Waals surface area contributed by atoms with E-state index in [1.165, 1.54) is 24.1 Å². The zero-order valence-corrected chi connectivity index (χ0v) is 25.4. The highest BCUT2D eigenvalue weighted by atomic mass is 32.2. The number of rotatable bonds is 9. The minimum Gasteiger partial charge on any atom is -0.504 e. The van der Waals surface area contributed by atoms with Gasteiger partial charge in [0, 0.05) is 30.1 Å². The molecule has 1 aromatic heterocycles. The van der Waals surface area contributed by atoms with Gasteiger partial charge < -0.3 is 30.5 Å². The highest BCUT2D eigenvalue weighted by Gasteiger charge is 2.46. The van der Waals surface area contributed by atoms with Crippen molar-refractivity contribution < 1.29 is 32.6 Å². The molecular formula is C32H34N4O7S. The third-order valence-electron chi connectivity index (χ3n) is 7.79. The zero-order valence-electron chi connectivity index (χ0n) is 24.6. The molecule has 11 nitrogen and oxygen atoms in total. The van der Waals surface area contributed by atoms with Gasteiger partial charge in [-0.05, 0) is 72.3 Å². The van der Waals surface area contributed by atoms with Crippen LogP contribution in [-0.4, -0.2) is 61.8 Å². The molecule has 0 bridgehead atoms. The van der Waals surface area contributed by atoms with Crippen LogP contribution in [0.2, 0.25) is 0 Å². The lowest BCUT2D eigenvalue weighted by molar-refractivity contribution is -0.147. The maximum Gasteiger partial charge on any atom is 0.311 e. The number of pyridine rings is 1. The number of nitrogens with two attached hydrogens (primary N) is 1. The number of nitrogens with one attached hydrogen (secondary N) is 1. The minimum absolute atomic E-state index is 0.0344. The molecular weight excluding hydrogens is 584 g/mol. The second-order valence-corrected chi connectivity index (χ2v) is 12.6. The number of fused-ring (bicyclic) bond motifs is 1. The topological polar surface area (TPSA) is 161 Å². The lowest BCUT2D eigenvalue weighted by Gasteiger charge is -2.32. The fraction of sp³-hybridized carbons (Fsp3) is 0.281. The molecule has 0 saturated carbocycles. The van der Waals surface area contributed by atoms with Crippen molar-refractivity contribution in [1.82, 2.24) is 9.88 Å². The van der Waals surface area contributed by atoms with E-state index in [0.29, 0.717) is 29.2 Å². The first-order chi connectivity index (χ1) is 21.0. The Labute approximate surface area is 255 Å². The summed E-state index contributed by atoms with van der Waals surface area (Å²) in [5, 5.41) is 15.3. The molecule has 1 aliphatic rings. The van der Waals surface area contributed by atoms with Crippen molar-refractivity contribution in [2.24, 2.45) is 5.92 Å². The molecule has 1 saturated heterocycles. The number of carbonyl (C=O) groups excluding carboxylic acids is 2. The Kier molecular flexibility index (Phi) is 8.63. The average Bonchev–Trinajstić information content (AvgIpc) is 3.45. The molecule has 3 aromatic carbocycles. The fourth-order valence-electron chi connectivity index (χ4n) is 5.78. The summed E-state index contributed by atoms with van der Waals surface area (Å²) in [4.78, 5) is 33.3. The maximum absolute atomic E-state index is 14.7. The number of nitrogen functional groups attached to an aromatic ring is 1. The Bertz CT molecular complexity index is 1830. The summed E-state index contributed by atoms with van der Waals surface area (Å²) in [6, 6.07) is 16.3. The van der Waals surface area contributed by atoms with Crippen molar-refractivity contribution >= 4 is 44.0 Å². The Morgan fingerprint density at radius 1 is 1.14 bits per heavy atom. The van der Waals surface area contributed by atoms with Crippen LogP contribution in [0.4, 0.5) is 11.5 Å². The SMILES string of the molecule is CCOc1cc([C@@H](Nc2ccc3c(N)nccc3c2)C(=O)N2CC[C@H](C(=O)OC)[C@@H]2c2ccccc2S(C)(=O)=O)ccc1O. The van der Waals surface area contributed by atoms with Gasteiger partial charge in [-0.3, -0.25) is 9.59 Å². The van der Waals surface area contributed by atoms with Crippen LogP contribution in [-0.2, 0) is 24.2 Å². The number of hydrogen-bond acceptors (Lipinski definition) is 10. The summed E-state index contributed by atoms with van der Waals surface area (Å²) in [6.45, 7) is 2.25. The first-order valence-corrected chi connectivity index (χ1v) is 16.0. The van der Waals surface area contributed by atoms with Gasteiger partial charge in [-0.1, -0.05) is 24.3 Å². The predicted octanol–water partition coefficient (Wildman–Crippen LogP) is 4.24. The molecule has 1 fully saturated rings. The number of esters is 1. The van der Waals surface area contributed by atoms with E-state index in [1.807, 2.05) is 6.07 Å². The highest BCUT2D eigenvalue weighted by Crippen LogP contribution is 2.43. The quantitative estimate of drug-likeness (QED) is 0.231. The fourth-order valence-corrected chi connectivity index (χ4v) is 6.72. The normalized spacial score (nSPS) is 17.3. The van der Waals surface area contributed by atoms with Crippen molar-refractivity contribution in [3.63, 3.8) is 0 Å². The number of likely N-dealkylation sites (tertiary alicyclic amines) is 1. The number of aromatic nitrogens is 1. The molecule has 0 spiro atoms. The van der Waals surface area contributed by atoms with Crippen molar-refractivity contribution in [3.8, 4) is 11.5 Å². The number of phenolic OH excluding ortho intramolecular Hbond substituents is 1. The van der Waals surface area contributed by atoms with E-state index in [4.69, 9.17) is 15.2 Å². The predicted molar refractivity (Wildman–Crippen MR) is 166 cm³/mol. The monoisotopic (exact) mass is 618 g/mol. The average molecular weight is 619 g/mol. The van der Waals surface area contributed by atoms with Crippen LogP contribution in [0.5, 0.6) is 11.5 Å². The minimum atomic E-state index is -3.70. The van der Waals surface area contributed by atoms with Crippen LogP contribution >= 0.6 is 0 Å². The van der Waals surface area contributed by atoms with Gasteiger partial charge in [0.05, 0.1) is 30.6 Å². The van der Waals surface area contributed by atoms with E-state index in [0.717, 1.165) is 17.0 Å². The molecule has 2 heterocycles. The van der Waals surface area contributed by atoms with Gasteiger partial charge in [0.2, 0.25) is 5.91 Å². The summed E-state index contributed by atoms with van der Waals surface area (Å²) in [5.74, 6) is -1.24. The number of ether oxygens (including phenoxy) is 2. The lowest BCUT2D eigenvalue weighted by Crippen LogP contribution is -2.40. The number of amides is 1. The molecule has 0 radical (unpaired) electrons. The number of anilines is 2. The summed E-state index contributed by atoms with van der Waals surface area (Å²) in [6.07, 6.45) is 2.97. The van der Waals surface area contributed by atoms with Crippen molar-refractivity contribution in [3.05, 3.63) is 84.1 Å². The molecule has 1 amide bonds. The van der Waals surface area contributed by atoms with Gasteiger partial charge >= 0.3 is 5.97 Å². The number of nitrogens with zero attached hydrogens (tertiary/aromatic N) is 2. The van der Waals surface area contributed by atoms with E-state index >= 15 is 0 Å². The number of methoxy groups -OCH3 is 1. The number of sulfone groups is 1. The number of hydrogen-bond donors (Lipinski definition) is 3. The number of aromatic hydroxyl groups is 1. The van der Waals surface area contributed by atoms with Crippen molar-refractivity contribution in [1.29, 1.82) is 0 Å². The third kappa shape index (κ3) is 5.98. The molecule has 3 atom stereocenters. The molecule has 0 unspecified atom stereocenters. The van der Waals surface area contributed by atoms with Crippen LogP contribution in [0.25, 0.3) is 10.8 Å². The molecule has 4 aromatic rings. The highest BCUT2D eigenvalue weighted by molar-refractivity contribution is 7.90. The molecule has 44 heavy (non-hydrogen) atoms. The van der Waals surface area contributed by atoms with E-state index in [9.17, 15) is 23.1 Å². The Balaban J connectivity index is 1.63. The lowest BCUT2D eigenvalue weighted by atomic mass is 9.93. The zero-order chi connectivity index (χ0) is 31.6. The van der Waals surface area contributed by atoms with E-state index < -0.39 is 39.7 Å². The first kappa shape index (κ1) is 30.6. The largest absolute Gasteiger partial charge is 0.504 e. The Morgan fingerprint density at radius 2 is 1.91 bits per heavy atom. The first-order valence-electron chi connectivity index (χ1n) is 14.1.